The zero-order valence-electron chi connectivity index (χ0n) is 12.5. The van der Waals surface area contributed by atoms with E-state index in [1.165, 1.54) is 51.3 Å². The summed E-state index contributed by atoms with van der Waals surface area (Å²) in [5.41, 5.74) is 1.44. The lowest BCUT2D eigenvalue weighted by molar-refractivity contribution is 0.131. The van der Waals surface area contributed by atoms with E-state index in [9.17, 15) is 0 Å². The molecule has 3 heteroatoms. The highest BCUT2D eigenvalue weighted by Gasteiger charge is 2.15. The molecule has 0 bridgehead atoms. The molecule has 0 aliphatic carbocycles. The van der Waals surface area contributed by atoms with Crippen molar-refractivity contribution in [3.05, 3.63) is 35.9 Å². The summed E-state index contributed by atoms with van der Waals surface area (Å²) in [6, 6.07) is 10.8. The highest BCUT2D eigenvalue weighted by Crippen LogP contribution is 2.07. The zero-order chi connectivity index (χ0) is 14.0. The molecule has 1 heterocycles. The van der Waals surface area contributed by atoms with E-state index in [1.807, 2.05) is 0 Å². The molecule has 20 heavy (non-hydrogen) atoms. The van der Waals surface area contributed by atoms with Crippen LogP contribution in [-0.4, -0.2) is 60.8 Å². The van der Waals surface area contributed by atoms with Crippen molar-refractivity contribution < 1.29 is 5.11 Å². The van der Waals surface area contributed by atoms with E-state index in [0.717, 1.165) is 19.3 Å². The Kier molecular flexibility index (Phi) is 7.06. The standard InChI is InChI=1S/C17H28N2O/c20-16-6-2-5-10-18-12-14-19(15-13-18)11-9-17-7-3-1-4-8-17/h1,3-4,7-8,20H,2,5-6,9-16H2. The second-order valence-electron chi connectivity index (χ2n) is 5.70. The molecule has 1 aromatic carbocycles. The Hall–Kier alpha value is -0.900. The lowest BCUT2D eigenvalue weighted by Gasteiger charge is -2.34. The SMILES string of the molecule is OCCCCCN1CCN(CCc2ccccc2)CC1. The molecule has 1 aromatic rings. The van der Waals surface area contributed by atoms with Gasteiger partial charge in [0.05, 0.1) is 0 Å². The molecule has 0 atom stereocenters. The van der Waals surface area contributed by atoms with Crippen LogP contribution in [0.25, 0.3) is 0 Å². The van der Waals surface area contributed by atoms with Gasteiger partial charge in [-0.1, -0.05) is 30.3 Å². The molecule has 1 saturated heterocycles. The van der Waals surface area contributed by atoms with Gasteiger partial charge in [-0.2, -0.15) is 0 Å². The van der Waals surface area contributed by atoms with E-state index < -0.39 is 0 Å². The molecular weight excluding hydrogens is 248 g/mol. The molecule has 1 aliphatic rings. The second kappa shape index (κ2) is 9.11. The van der Waals surface area contributed by atoms with Crippen LogP contribution >= 0.6 is 0 Å². The number of aliphatic hydroxyl groups excluding tert-OH is 1. The van der Waals surface area contributed by atoms with E-state index in [-0.39, 0.29) is 0 Å². The summed E-state index contributed by atoms with van der Waals surface area (Å²) in [6.45, 7) is 7.53. The fraction of sp³-hybridized carbons (Fsp3) is 0.647. The van der Waals surface area contributed by atoms with Gasteiger partial charge in [-0.05, 0) is 37.8 Å². The smallest absolute Gasteiger partial charge is 0.0431 e. The van der Waals surface area contributed by atoms with E-state index >= 15 is 0 Å². The first-order valence-corrected chi connectivity index (χ1v) is 7.98. The van der Waals surface area contributed by atoms with Gasteiger partial charge in [0, 0.05) is 39.3 Å². The van der Waals surface area contributed by atoms with Gasteiger partial charge >= 0.3 is 0 Å². The number of unbranched alkanes of at least 4 members (excludes halogenated alkanes) is 2. The minimum Gasteiger partial charge on any atom is -0.396 e. The normalized spacial score (nSPS) is 17.4. The maximum Gasteiger partial charge on any atom is 0.0431 e. The van der Waals surface area contributed by atoms with Gasteiger partial charge in [0.25, 0.3) is 0 Å². The van der Waals surface area contributed by atoms with Gasteiger partial charge in [0.1, 0.15) is 0 Å². The van der Waals surface area contributed by atoms with E-state index in [2.05, 4.69) is 40.1 Å². The lowest BCUT2D eigenvalue weighted by Crippen LogP contribution is -2.47. The van der Waals surface area contributed by atoms with Crippen molar-refractivity contribution in [1.82, 2.24) is 9.80 Å². The Morgan fingerprint density at radius 1 is 0.800 bits per heavy atom. The minimum atomic E-state index is 0.341. The summed E-state index contributed by atoms with van der Waals surface area (Å²) in [6.07, 6.45) is 4.50. The first-order chi connectivity index (χ1) is 9.88. The number of aliphatic hydroxyl groups is 1. The number of nitrogens with zero attached hydrogens (tertiary/aromatic N) is 2. The number of hydrogen-bond acceptors (Lipinski definition) is 3. The van der Waals surface area contributed by atoms with Crippen LogP contribution in [0, 0.1) is 0 Å². The minimum absolute atomic E-state index is 0.341. The first kappa shape index (κ1) is 15.5. The Morgan fingerprint density at radius 3 is 2.10 bits per heavy atom. The summed E-state index contributed by atoms with van der Waals surface area (Å²) in [5.74, 6) is 0. The Morgan fingerprint density at radius 2 is 1.45 bits per heavy atom. The summed E-state index contributed by atoms with van der Waals surface area (Å²) in [7, 11) is 0. The van der Waals surface area contributed by atoms with Crippen LogP contribution < -0.4 is 0 Å². The van der Waals surface area contributed by atoms with Crippen molar-refractivity contribution in [3.63, 3.8) is 0 Å². The lowest BCUT2D eigenvalue weighted by atomic mass is 10.1. The van der Waals surface area contributed by atoms with Crippen LogP contribution in [0.5, 0.6) is 0 Å². The molecule has 2 rings (SSSR count). The predicted molar refractivity (Wildman–Crippen MR) is 84.0 cm³/mol. The molecule has 0 unspecified atom stereocenters. The Labute approximate surface area is 123 Å². The van der Waals surface area contributed by atoms with Gasteiger partial charge in [0.2, 0.25) is 0 Å². The molecule has 0 aromatic heterocycles. The van der Waals surface area contributed by atoms with E-state index in [0.29, 0.717) is 6.61 Å². The van der Waals surface area contributed by atoms with Crippen molar-refractivity contribution in [2.24, 2.45) is 0 Å². The van der Waals surface area contributed by atoms with Crippen LogP contribution in [0.2, 0.25) is 0 Å². The molecule has 112 valence electrons. The first-order valence-electron chi connectivity index (χ1n) is 7.98. The van der Waals surface area contributed by atoms with Crippen molar-refractivity contribution in [1.29, 1.82) is 0 Å². The van der Waals surface area contributed by atoms with Crippen LogP contribution in [0.3, 0.4) is 0 Å². The van der Waals surface area contributed by atoms with Crippen molar-refractivity contribution >= 4 is 0 Å². The molecule has 0 spiro atoms. The Bertz CT molecular complexity index is 347. The monoisotopic (exact) mass is 276 g/mol. The fourth-order valence-electron chi connectivity index (χ4n) is 2.79. The largest absolute Gasteiger partial charge is 0.396 e. The maximum atomic E-state index is 8.77. The van der Waals surface area contributed by atoms with Crippen molar-refractivity contribution in [2.45, 2.75) is 25.7 Å². The average Bonchev–Trinajstić information content (AvgIpc) is 2.52. The maximum absolute atomic E-state index is 8.77. The van der Waals surface area contributed by atoms with Crippen LogP contribution in [0.1, 0.15) is 24.8 Å². The molecule has 0 amide bonds. The molecule has 3 nitrogen and oxygen atoms in total. The van der Waals surface area contributed by atoms with Crippen LogP contribution in [0.4, 0.5) is 0 Å². The number of rotatable bonds is 8. The summed E-state index contributed by atoms with van der Waals surface area (Å²) in [5, 5.41) is 8.77. The molecule has 0 saturated carbocycles. The molecule has 1 aliphatic heterocycles. The summed E-state index contributed by atoms with van der Waals surface area (Å²) >= 11 is 0. The van der Waals surface area contributed by atoms with Gasteiger partial charge in [-0.15, -0.1) is 0 Å². The summed E-state index contributed by atoms with van der Waals surface area (Å²) in [4.78, 5) is 5.15. The quantitative estimate of drug-likeness (QED) is 0.736. The van der Waals surface area contributed by atoms with Gasteiger partial charge in [-0.3, -0.25) is 0 Å². The van der Waals surface area contributed by atoms with Crippen LogP contribution in [0.15, 0.2) is 30.3 Å². The number of hydrogen-bond donors (Lipinski definition) is 1. The fourth-order valence-corrected chi connectivity index (χ4v) is 2.79. The molecule has 1 N–H and O–H groups in total. The van der Waals surface area contributed by atoms with Crippen LogP contribution in [-0.2, 0) is 6.42 Å². The molecule has 1 fully saturated rings. The van der Waals surface area contributed by atoms with E-state index in [4.69, 9.17) is 5.11 Å². The van der Waals surface area contributed by atoms with E-state index in [1.54, 1.807) is 0 Å². The number of piperazine rings is 1. The summed E-state index contributed by atoms with van der Waals surface area (Å²) < 4.78 is 0. The predicted octanol–water partition coefficient (Wildman–Crippen LogP) is 2.01. The molecular formula is C17H28N2O. The van der Waals surface area contributed by atoms with Gasteiger partial charge in [0.15, 0.2) is 0 Å². The Balaban J connectivity index is 1.57. The third-order valence-electron chi connectivity index (χ3n) is 4.16. The zero-order valence-corrected chi connectivity index (χ0v) is 12.5. The topological polar surface area (TPSA) is 26.7 Å². The average molecular weight is 276 g/mol. The second-order valence-corrected chi connectivity index (χ2v) is 5.70. The molecule has 0 radical (unpaired) electrons. The third kappa shape index (κ3) is 5.61. The van der Waals surface area contributed by atoms with Crippen molar-refractivity contribution in [3.8, 4) is 0 Å². The van der Waals surface area contributed by atoms with Gasteiger partial charge in [-0.25, -0.2) is 0 Å². The highest BCUT2D eigenvalue weighted by atomic mass is 16.2. The van der Waals surface area contributed by atoms with Crippen molar-refractivity contribution in [2.75, 3.05) is 45.9 Å². The number of benzene rings is 1. The van der Waals surface area contributed by atoms with Gasteiger partial charge < -0.3 is 14.9 Å². The third-order valence-corrected chi connectivity index (χ3v) is 4.16. The highest BCUT2D eigenvalue weighted by molar-refractivity contribution is 5.14.